The first-order chi connectivity index (χ1) is 24.4. The Morgan fingerprint density at radius 2 is 1.04 bits per heavy atom. The van der Waals surface area contributed by atoms with Crippen LogP contribution in [0.2, 0.25) is 13.1 Å². The van der Waals surface area contributed by atoms with Crippen LogP contribution < -0.4 is 24.8 Å². The molecule has 0 aliphatic heterocycles. The third-order valence-electron chi connectivity index (χ3n) is 10.3. The summed E-state index contributed by atoms with van der Waals surface area (Å²) in [6, 6.07) is 51.3. The summed E-state index contributed by atoms with van der Waals surface area (Å²) >= 11 is 1.74. The van der Waals surface area contributed by atoms with Crippen molar-refractivity contribution in [1.29, 1.82) is 0 Å². The van der Waals surface area contributed by atoms with Crippen LogP contribution >= 0.6 is 0 Å². The average Bonchev–Trinajstić information content (AvgIpc) is 3.76. The maximum atomic E-state index is 2.47. The van der Waals surface area contributed by atoms with Crippen LogP contribution in [-0.2, 0) is 23.3 Å². The predicted molar refractivity (Wildman–Crippen MR) is 218 cm³/mol. The van der Waals surface area contributed by atoms with Crippen molar-refractivity contribution in [2.45, 2.75) is 65.0 Å². The zero-order valence-corrected chi connectivity index (χ0v) is 35.6. The molecule has 0 spiro atoms. The van der Waals surface area contributed by atoms with E-state index in [1.807, 2.05) is 0 Å². The van der Waals surface area contributed by atoms with Gasteiger partial charge in [0.15, 0.2) is 0 Å². The Bertz CT molecular complexity index is 2430. The van der Waals surface area contributed by atoms with Crippen LogP contribution in [-0.4, -0.2) is 5.43 Å². The largest absolute Gasteiger partial charge is 1.00 e. The van der Waals surface area contributed by atoms with Crippen molar-refractivity contribution in [3.05, 3.63) is 156 Å². The molecule has 0 heterocycles. The molecule has 8 aromatic carbocycles. The van der Waals surface area contributed by atoms with E-state index in [-0.39, 0.29) is 30.2 Å². The van der Waals surface area contributed by atoms with E-state index >= 15 is 0 Å². The van der Waals surface area contributed by atoms with Gasteiger partial charge in [-0.1, -0.05) is 141 Å². The number of rotatable bonds is 3. The van der Waals surface area contributed by atoms with E-state index in [4.69, 9.17) is 0 Å². The number of hydrogen-bond donors (Lipinski definition) is 0. The fourth-order valence-corrected chi connectivity index (χ4v) is 7.91. The van der Waals surface area contributed by atoms with Gasteiger partial charge in [0, 0.05) is 0 Å². The van der Waals surface area contributed by atoms with E-state index < -0.39 is 0 Å². The Labute approximate surface area is 337 Å². The summed E-state index contributed by atoms with van der Waals surface area (Å²) in [4.78, 5) is 0. The van der Waals surface area contributed by atoms with E-state index in [0.29, 0.717) is 0 Å². The van der Waals surface area contributed by atoms with E-state index in [9.17, 15) is 0 Å². The molecule has 0 nitrogen and oxygen atoms in total. The Morgan fingerprint density at radius 1 is 0.538 bits per heavy atom. The standard InChI is InChI=1S/C25H23.C21H17.C2H6Si.2ClH.Zr/c1-2-8-18(9-3-1)21-16-20-12-7-15-24(25(20)17-21)23-14-6-11-19-10-4-5-13-22(19)23;1-14-12-20-15(2)10-11-19(21(20)13-14)18-9-5-7-16-6-3-4-8-17(16)18;1-3-2;;;/h4-7,10-18H,1-3,8-9H2;3-13H,1-2H3;1-2H3;2*1H;/q2*-1;;;;+2/p-2. The zero-order chi connectivity index (χ0) is 34.6. The molecule has 0 radical (unpaired) electrons. The summed E-state index contributed by atoms with van der Waals surface area (Å²) in [6.45, 7) is 8.98. The molecule has 1 aliphatic rings. The number of hydrogen-bond acceptors (Lipinski definition) is 0. The van der Waals surface area contributed by atoms with Gasteiger partial charge in [-0.15, -0.1) is 68.6 Å². The number of aryl methyl sites for hydroxylation is 2. The van der Waals surface area contributed by atoms with E-state index in [1.165, 1.54) is 109 Å². The van der Waals surface area contributed by atoms with Crippen LogP contribution in [0.1, 0.15) is 54.7 Å². The van der Waals surface area contributed by atoms with Crippen molar-refractivity contribution in [1.82, 2.24) is 0 Å². The Kier molecular flexibility index (Phi) is 14.0. The van der Waals surface area contributed by atoms with Gasteiger partial charge in [-0.25, -0.2) is 0 Å². The van der Waals surface area contributed by atoms with Crippen molar-refractivity contribution in [2.75, 3.05) is 0 Å². The molecule has 0 amide bonds. The van der Waals surface area contributed by atoms with E-state index in [0.717, 1.165) is 5.92 Å². The van der Waals surface area contributed by atoms with Gasteiger partial charge in [-0.3, -0.25) is 0 Å². The molecule has 1 fully saturated rings. The number of halogens is 2. The Hall–Kier alpha value is -3.26. The van der Waals surface area contributed by atoms with Crippen molar-refractivity contribution in [3.8, 4) is 22.3 Å². The maximum Gasteiger partial charge on any atom is -0.0114 e. The fraction of sp³-hybridized carbons (Fsp3) is 0.208. The van der Waals surface area contributed by atoms with Crippen molar-refractivity contribution < 1.29 is 48.1 Å². The van der Waals surface area contributed by atoms with Crippen LogP contribution in [0.5, 0.6) is 0 Å². The average molecular weight is 813 g/mol. The molecular weight excluding hydrogens is 767 g/mol. The molecule has 1 saturated carbocycles. The molecule has 0 bridgehead atoms. The maximum absolute atomic E-state index is 2.47. The summed E-state index contributed by atoms with van der Waals surface area (Å²) in [5.41, 5.74) is 9.83. The molecule has 0 unspecified atom stereocenters. The minimum absolute atomic E-state index is 0. The van der Waals surface area contributed by atoms with E-state index in [1.54, 1.807) is 28.9 Å². The van der Waals surface area contributed by atoms with Gasteiger partial charge in [0.25, 0.3) is 0 Å². The Balaban J connectivity index is 0.000000178. The molecule has 9 rings (SSSR count). The van der Waals surface area contributed by atoms with Gasteiger partial charge < -0.3 is 24.8 Å². The molecule has 8 aromatic rings. The van der Waals surface area contributed by atoms with Crippen molar-refractivity contribution in [2.24, 2.45) is 0 Å². The predicted octanol–water partition coefficient (Wildman–Crippen LogP) is 8.21. The van der Waals surface area contributed by atoms with Crippen LogP contribution in [0.15, 0.2) is 140 Å². The van der Waals surface area contributed by atoms with Crippen LogP contribution in [0, 0.1) is 13.8 Å². The first kappa shape index (κ1) is 39.9. The summed E-state index contributed by atoms with van der Waals surface area (Å²) in [6.07, 6.45) is 6.92. The first-order valence-electron chi connectivity index (χ1n) is 18.2. The van der Waals surface area contributed by atoms with Crippen LogP contribution in [0.25, 0.3) is 65.3 Å². The quantitative estimate of drug-likeness (QED) is 0.125. The second-order valence-electron chi connectivity index (χ2n) is 14.3. The molecular formula is C48H46Cl2SiZr-2. The van der Waals surface area contributed by atoms with Gasteiger partial charge in [0.1, 0.15) is 0 Å². The summed E-state index contributed by atoms with van der Waals surface area (Å²) < 4.78 is 0. The number of benzene rings is 6. The Morgan fingerprint density at radius 3 is 1.63 bits per heavy atom. The second kappa shape index (κ2) is 18.2. The van der Waals surface area contributed by atoms with Crippen molar-refractivity contribution in [3.63, 3.8) is 0 Å². The molecule has 0 N–H and O–H groups in total. The molecule has 262 valence electrons. The summed E-state index contributed by atoms with van der Waals surface area (Å²) in [5.74, 6) is 0.765. The smallest absolute Gasteiger partial charge is 0.0114 e. The molecule has 4 heteroatoms. The third kappa shape index (κ3) is 8.75. The van der Waals surface area contributed by atoms with Gasteiger partial charge in [0.05, 0.1) is 0 Å². The van der Waals surface area contributed by atoms with Crippen LogP contribution in [0.4, 0.5) is 0 Å². The van der Waals surface area contributed by atoms with Gasteiger partial charge in [0.2, 0.25) is 0 Å². The first-order valence-corrected chi connectivity index (χ1v) is 24.4. The molecule has 0 aromatic heterocycles. The summed E-state index contributed by atoms with van der Waals surface area (Å²) in [7, 11) is 0. The summed E-state index contributed by atoms with van der Waals surface area (Å²) in [5, 5.41) is 10.8. The zero-order valence-electron chi connectivity index (χ0n) is 30.6. The van der Waals surface area contributed by atoms with Crippen LogP contribution in [0.3, 0.4) is 0 Å². The molecule has 0 atom stereocenters. The second-order valence-corrected chi connectivity index (χ2v) is 23.6. The number of fused-ring (bicyclic) bond motifs is 4. The third-order valence-corrected chi connectivity index (χ3v) is 10.3. The van der Waals surface area contributed by atoms with Gasteiger partial charge >= 0.3 is 41.9 Å². The van der Waals surface area contributed by atoms with E-state index in [2.05, 4.69) is 166 Å². The normalized spacial score (nSPS) is 12.7. The minimum atomic E-state index is 0. The SMILES string of the molecule is C[Si](C)=[Zr+2].Cc1cc2c(-c3cccc4ccccc34)ccc(C)c2[cH-]1.[Cl-].[Cl-].c1ccc2c(-c3cccc4[cH-]c(C5CCCCC5)cc34)cccc2c1. The monoisotopic (exact) mass is 810 g/mol. The molecule has 52 heavy (non-hydrogen) atoms. The van der Waals surface area contributed by atoms with Gasteiger partial charge in [-0.05, 0) is 51.4 Å². The van der Waals surface area contributed by atoms with Gasteiger partial charge in [-0.2, -0.15) is 12.1 Å². The van der Waals surface area contributed by atoms with Crippen molar-refractivity contribution >= 4 is 48.5 Å². The molecule has 0 saturated heterocycles. The minimum Gasteiger partial charge on any atom is -1.00 e. The molecule has 1 aliphatic carbocycles. The topological polar surface area (TPSA) is 0 Å². The fourth-order valence-electron chi connectivity index (χ4n) is 7.91.